The molecular formula is C17H24N2O2. The van der Waals surface area contributed by atoms with Gasteiger partial charge in [0.1, 0.15) is 5.69 Å². The van der Waals surface area contributed by atoms with E-state index in [-0.39, 0.29) is 17.4 Å². The smallest absolute Gasteiger partial charge is 0.268 e. The second kappa shape index (κ2) is 5.90. The number of hydrogen-bond acceptors (Lipinski definition) is 2. The van der Waals surface area contributed by atoms with E-state index in [1.54, 1.807) is 7.11 Å². The standard InChI is InChI=1S/C17H24N2O2/c1-11(10-21-5)18-16(20)15-8-12-6-7-13(17(2,3)4)9-14(12)19-15/h6-9,11,19H,10H2,1-5H3,(H,18,20)/t11-/m1/s1. The molecule has 1 heterocycles. The van der Waals surface area contributed by atoms with Gasteiger partial charge >= 0.3 is 0 Å². The molecule has 0 saturated carbocycles. The molecule has 114 valence electrons. The first-order valence-electron chi connectivity index (χ1n) is 7.24. The predicted molar refractivity (Wildman–Crippen MR) is 85.8 cm³/mol. The number of aromatic amines is 1. The predicted octanol–water partition coefficient (Wildman–Crippen LogP) is 3.23. The second-order valence-electron chi connectivity index (χ2n) is 6.56. The van der Waals surface area contributed by atoms with Crippen molar-refractivity contribution in [2.24, 2.45) is 0 Å². The van der Waals surface area contributed by atoms with Crippen molar-refractivity contribution in [3.8, 4) is 0 Å². The van der Waals surface area contributed by atoms with Gasteiger partial charge < -0.3 is 15.0 Å². The number of ether oxygens (including phenoxy) is 1. The monoisotopic (exact) mass is 288 g/mol. The molecule has 1 aromatic heterocycles. The van der Waals surface area contributed by atoms with Crippen LogP contribution in [0.4, 0.5) is 0 Å². The highest BCUT2D eigenvalue weighted by Crippen LogP contribution is 2.26. The summed E-state index contributed by atoms with van der Waals surface area (Å²) in [4.78, 5) is 15.4. The highest BCUT2D eigenvalue weighted by atomic mass is 16.5. The fourth-order valence-electron chi connectivity index (χ4n) is 2.31. The normalized spacial score (nSPS) is 13.4. The van der Waals surface area contributed by atoms with E-state index in [2.05, 4.69) is 49.3 Å². The first-order chi connectivity index (χ1) is 9.81. The number of nitrogens with one attached hydrogen (secondary N) is 2. The molecule has 21 heavy (non-hydrogen) atoms. The van der Waals surface area contributed by atoms with E-state index in [4.69, 9.17) is 4.74 Å². The van der Waals surface area contributed by atoms with Crippen molar-refractivity contribution in [2.45, 2.75) is 39.2 Å². The van der Waals surface area contributed by atoms with E-state index < -0.39 is 0 Å². The summed E-state index contributed by atoms with van der Waals surface area (Å²) in [6.07, 6.45) is 0. The van der Waals surface area contributed by atoms with E-state index in [0.717, 1.165) is 10.9 Å². The van der Waals surface area contributed by atoms with Crippen molar-refractivity contribution in [1.82, 2.24) is 10.3 Å². The third-order valence-corrected chi connectivity index (χ3v) is 3.53. The Bertz CT molecular complexity index is 638. The maximum atomic E-state index is 12.2. The molecule has 0 saturated heterocycles. The van der Waals surface area contributed by atoms with Gasteiger partial charge in [-0.3, -0.25) is 4.79 Å². The Balaban J connectivity index is 2.24. The van der Waals surface area contributed by atoms with Crippen molar-refractivity contribution in [2.75, 3.05) is 13.7 Å². The molecule has 1 aromatic carbocycles. The number of fused-ring (bicyclic) bond motifs is 1. The lowest BCUT2D eigenvalue weighted by atomic mass is 9.87. The highest BCUT2D eigenvalue weighted by molar-refractivity contribution is 5.98. The van der Waals surface area contributed by atoms with Crippen LogP contribution in [0.5, 0.6) is 0 Å². The van der Waals surface area contributed by atoms with Crippen molar-refractivity contribution in [1.29, 1.82) is 0 Å². The van der Waals surface area contributed by atoms with Crippen LogP contribution in [-0.2, 0) is 10.2 Å². The van der Waals surface area contributed by atoms with Crippen LogP contribution in [0.15, 0.2) is 24.3 Å². The molecule has 1 amide bonds. The molecule has 1 atom stereocenters. The summed E-state index contributed by atoms with van der Waals surface area (Å²) in [5.74, 6) is -0.104. The molecule has 0 aliphatic rings. The van der Waals surface area contributed by atoms with Gasteiger partial charge in [0.25, 0.3) is 5.91 Å². The molecule has 4 nitrogen and oxygen atoms in total. The van der Waals surface area contributed by atoms with Crippen LogP contribution in [-0.4, -0.2) is 30.6 Å². The van der Waals surface area contributed by atoms with E-state index >= 15 is 0 Å². The summed E-state index contributed by atoms with van der Waals surface area (Å²) in [5, 5.41) is 3.96. The molecule has 2 aromatic rings. The summed E-state index contributed by atoms with van der Waals surface area (Å²) < 4.78 is 5.03. The Hall–Kier alpha value is -1.81. The van der Waals surface area contributed by atoms with Crippen LogP contribution in [0.25, 0.3) is 10.9 Å². The van der Waals surface area contributed by atoms with Gasteiger partial charge in [-0.15, -0.1) is 0 Å². The molecule has 0 radical (unpaired) electrons. The second-order valence-corrected chi connectivity index (χ2v) is 6.56. The minimum atomic E-state index is -0.104. The fraction of sp³-hybridized carbons (Fsp3) is 0.471. The van der Waals surface area contributed by atoms with Crippen molar-refractivity contribution in [3.05, 3.63) is 35.5 Å². The minimum Gasteiger partial charge on any atom is -0.383 e. The fourth-order valence-corrected chi connectivity index (χ4v) is 2.31. The summed E-state index contributed by atoms with van der Waals surface area (Å²) in [5.41, 5.74) is 2.91. The number of hydrogen-bond donors (Lipinski definition) is 2. The van der Waals surface area contributed by atoms with Gasteiger partial charge in [0.15, 0.2) is 0 Å². The van der Waals surface area contributed by atoms with Gasteiger partial charge in [-0.2, -0.15) is 0 Å². The first-order valence-corrected chi connectivity index (χ1v) is 7.24. The van der Waals surface area contributed by atoms with E-state index in [1.807, 2.05) is 13.0 Å². The van der Waals surface area contributed by atoms with Crippen LogP contribution in [0.1, 0.15) is 43.7 Å². The van der Waals surface area contributed by atoms with Gasteiger partial charge in [-0.05, 0) is 30.0 Å². The Morgan fingerprint density at radius 1 is 1.33 bits per heavy atom. The molecule has 0 fully saturated rings. The van der Waals surface area contributed by atoms with E-state index in [9.17, 15) is 4.79 Å². The topological polar surface area (TPSA) is 54.1 Å². The van der Waals surface area contributed by atoms with Gasteiger partial charge in [-0.1, -0.05) is 32.9 Å². The van der Waals surface area contributed by atoms with Gasteiger partial charge in [0.2, 0.25) is 0 Å². The number of rotatable bonds is 4. The molecule has 2 rings (SSSR count). The molecule has 0 spiro atoms. The van der Waals surface area contributed by atoms with Gasteiger partial charge in [0.05, 0.1) is 6.61 Å². The zero-order valence-corrected chi connectivity index (χ0v) is 13.4. The average Bonchev–Trinajstić information content (AvgIpc) is 2.80. The Morgan fingerprint density at radius 2 is 2.05 bits per heavy atom. The first kappa shape index (κ1) is 15.6. The Labute approximate surface area is 125 Å². The summed E-state index contributed by atoms with van der Waals surface area (Å²) >= 11 is 0. The number of aromatic nitrogens is 1. The average molecular weight is 288 g/mol. The minimum absolute atomic E-state index is 0.0148. The van der Waals surface area contributed by atoms with Crippen LogP contribution in [0.2, 0.25) is 0 Å². The molecular weight excluding hydrogens is 264 g/mol. The van der Waals surface area contributed by atoms with Crippen LogP contribution in [0, 0.1) is 0 Å². The maximum absolute atomic E-state index is 12.2. The van der Waals surface area contributed by atoms with Crippen LogP contribution >= 0.6 is 0 Å². The van der Waals surface area contributed by atoms with Crippen LogP contribution < -0.4 is 5.32 Å². The molecule has 0 unspecified atom stereocenters. The highest BCUT2D eigenvalue weighted by Gasteiger charge is 2.16. The van der Waals surface area contributed by atoms with Crippen molar-refractivity contribution in [3.63, 3.8) is 0 Å². The van der Waals surface area contributed by atoms with E-state index in [0.29, 0.717) is 12.3 Å². The SMILES string of the molecule is COC[C@@H](C)NC(=O)c1cc2ccc(C(C)(C)C)cc2[nH]1. The summed E-state index contributed by atoms with van der Waals surface area (Å²) in [7, 11) is 1.62. The van der Waals surface area contributed by atoms with Crippen molar-refractivity contribution >= 4 is 16.8 Å². The number of amides is 1. The largest absolute Gasteiger partial charge is 0.383 e. The molecule has 0 aliphatic heterocycles. The zero-order valence-electron chi connectivity index (χ0n) is 13.4. The van der Waals surface area contributed by atoms with Crippen molar-refractivity contribution < 1.29 is 9.53 Å². The molecule has 0 bridgehead atoms. The quantitative estimate of drug-likeness (QED) is 0.907. The third kappa shape index (κ3) is 3.64. The number of methoxy groups -OCH3 is 1. The number of carbonyl (C=O) groups is 1. The van der Waals surface area contributed by atoms with Gasteiger partial charge in [0, 0.05) is 24.1 Å². The zero-order chi connectivity index (χ0) is 15.6. The molecule has 0 aliphatic carbocycles. The number of H-pyrrole nitrogens is 1. The lowest BCUT2D eigenvalue weighted by Crippen LogP contribution is -2.35. The van der Waals surface area contributed by atoms with Crippen LogP contribution in [0.3, 0.4) is 0 Å². The lowest BCUT2D eigenvalue weighted by Gasteiger charge is -2.18. The molecule has 2 N–H and O–H groups in total. The van der Waals surface area contributed by atoms with Gasteiger partial charge in [-0.25, -0.2) is 0 Å². The Morgan fingerprint density at radius 3 is 2.67 bits per heavy atom. The van der Waals surface area contributed by atoms with E-state index in [1.165, 1.54) is 5.56 Å². The third-order valence-electron chi connectivity index (χ3n) is 3.53. The summed E-state index contributed by atoms with van der Waals surface area (Å²) in [6, 6.07) is 8.16. The summed E-state index contributed by atoms with van der Waals surface area (Å²) in [6.45, 7) is 8.95. The Kier molecular flexibility index (Phi) is 4.37. The maximum Gasteiger partial charge on any atom is 0.268 e. The lowest BCUT2D eigenvalue weighted by molar-refractivity contribution is 0.0901. The number of benzene rings is 1. The number of carbonyl (C=O) groups excluding carboxylic acids is 1. The molecule has 4 heteroatoms.